The number of carbonyl (C=O) groups is 1. The first-order chi connectivity index (χ1) is 18.1. The Morgan fingerprint density at radius 2 is 1.74 bits per heavy atom. The van der Waals surface area contributed by atoms with E-state index in [4.69, 9.17) is 11.3 Å². The van der Waals surface area contributed by atoms with E-state index in [-0.39, 0.29) is 34.3 Å². The van der Waals surface area contributed by atoms with Crippen LogP contribution in [0.5, 0.6) is 11.5 Å². The number of anilines is 1. The van der Waals surface area contributed by atoms with E-state index in [1.54, 1.807) is 0 Å². The molecule has 0 aliphatic rings. The minimum Gasteiger partial charge on any atom is -0.497 e. The van der Waals surface area contributed by atoms with Gasteiger partial charge in [-0.1, -0.05) is 6.07 Å². The summed E-state index contributed by atoms with van der Waals surface area (Å²) in [5, 5.41) is 2.37. The van der Waals surface area contributed by atoms with E-state index in [2.05, 4.69) is 19.9 Å². The first-order valence-electron chi connectivity index (χ1n) is 10.7. The largest absolute Gasteiger partial charge is 0.497 e. The van der Waals surface area contributed by atoms with Crippen molar-refractivity contribution in [3.8, 4) is 28.6 Å². The van der Waals surface area contributed by atoms with Crippen molar-refractivity contribution < 1.29 is 31.8 Å². The molecule has 1 N–H and O–H groups in total. The lowest BCUT2D eigenvalue weighted by Crippen LogP contribution is -2.23. The third-order valence-electron chi connectivity index (χ3n) is 5.41. The van der Waals surface area contributed by atoms with Gasteiger partial charge in [0.25, 0.3) is 11.5 Å². The number of nitrogens with one attached hydrogen (secondary N) is 1. The van der Waals surface area contributed by atoms with Crippen LogP contribution in [0.2, 0.25) is 0 Å². The van der Waals surface area contributed by atoms with Crippen LogP contribution in [0.15, 0.2) is 59.5 Å². The number of nitrogens with zero attached hydrogens (tertiary/aromatic N) is 4. The number of rotatable bonds is 7. The summed E-state index contributed by atoms with van der Waals surface area (Å²) < 4.78 is 66.3. The summed E-state index contributed by atoms with van der Waals surface area (Å²) in [5.74, 6) is -3.31. The van der Waals surface area contributed by atoms with Crippen LogP contribution in [0, 0.1) is 18.2 Å². The highest BCUT2D eigenvalue weighted by molar-refractivity contribution is 6.06. The quantitative estimate of drug-likeness (QED) is 0.272. The third kappa shape index (κ3) is 4.92. The molecule has 9 nitrogen and oxygen atoms in total. The standard InChI is InChI=1S/C25H17F4N5O4/c1-30-14-6-9-19(31-12-14)34-24(36)21(32-23(35)13-4-7-15(8-5-13)38-25(28)29)22(33(34)2)20-17(26)10-16(37-3)11-18(20)27/h4-12,25H,2-3H3,(H,32,35). The molecule has 0 unspecified atom stereocenters. The second-order valence-corrected chi connectivity index (χ2v) is 7.67. The SMILES string of the molecule is [C-]#[N+]c1ccc(-n2c(=O)c(NC(=O)c3ccc(OC(F)F)cc3)c(-c3c(F)cc(OC)cc3F)n2C)nc1. The average Bonchev–Trinajstić information content (AvgIpc) is 3.12. The Kier molecular flexibility index (Phi) is 7.15. The molecule has 0 atom stereocenters. The summed E-state index contributed by atoms with van der Waals surface area (Å²) in [6, 6.07) is 9.16. The van der Waals surface area contributed by atoms with Gasteiger partial charge in [-0.25, -0.2) is 18.6 Å². The minimum atomic E-state index is -3.06. The second-order valence-electron chi connectivity index (χ2n) is 7.67. The van der Waals surface area contributed by atoms with Gasteiger partial charge >= 0.3 is 6.61 Å². The van der Waals surface area contributed by atoms with Crippen molar-refractivity contribution in [3.63, 3.8) is 0 Å². The summed E-state index contributed by atoms with van der Waals surface area (Å²) >= 11 is 0. The monoisotopic (exact) mass is 527 g/mol. The Bertz CT molecular complexity index is 1580. The number of alkyl halides is 2. The molecular weight excluding hydrogens is 510 g/mol. The molecule has 4 aromatic rings. The van der Waals surface area contributed by atoms with Gasteiger partial charge in [0.15, 0.2) is 5.82 Å². The van der Waals surface area contributed by atoms with Crippen molar-refractivity contribution >= 4 is 17.3 Å². The van der Waals surface area contributed by atoms with Crippen LogP contribution in [0.4, 0.5) is 28.9 Å². The maximum Gasteiger partial charge on any atom is 0.387 e. The Labute approximate surface area is 212 Å². The number of amides is 1. The predicted molar refractivity (Wildman–Crippen MR) is 128 cm³/mol. The van der Waals surface area contributed by atoms with Gasteiger partial charge in [-0.2, -0.15) is 13.5 Å². The molecule has 0 radical (unpaired) electrons. The van der Waals surface area contributed by atoms with E-state index in [0.717, 1.165) is 33.6 Å². The fourth-order valence-corrected chi connectivity index (χ4v) is 3.70. The fourth-order valence-electron chi connectivity index (χ4n) is 3.70. The maximum absolute atomic E-state index is 15.1. The molecule has 4 rings (SSSR count). The molecule has 0 fully saturated rings. The first kappa shape index (κ1) is 26.0. The molecule has 0 saturated carbocycles. The molecule has 2 aromatic carbocycles. The highest BCUT2D eigenvalue weighted by atomic mass is 19.3. The van der Waals surface area contributed by atoms with Crippen LogP contribution in [0.25, 0.3) is 21.9 Å². The van der Waals surface area contributed by atoms with Crippen LogP contribution < -0.4 is 20.3 Å². The smallest absolute Gasteiger partial charge is 0.387 e. The molecule has 2 aromatic heterocycles. The number of pyridine rings is 1. The molecule has 2 heterocycles. The zero-order valence-electron chi connectivity index (χ0n) is 19.7. The second kappa shape index (κ2) is 10.5. The Balaban J connectivity index is 1.87. The van der Waals surface area contributed by atoms with Gasteiger partial charge in [-0.05, 0) is 30.3 Å². The van der Waals surface area contributed by atoms with Gasteiger partial charge in [0.1, 0.15) is 34.5 Å². The summed E-state index contributed by atoms with van der Waals surface area (Å²) in [7, 11) is 2.55. The van der Waals surface area contributed by atoms with Gasteiger partial charge in [0.05, 0.1) is 19.2 Å². The fraction of sp³-hybridized carbons (Fsp3) is 0.120. The lowest BCUT2D eigenvalue weighted by atomic mass is 10.1. The van der Waals surface area contributed by atoms with Crippen LogP contribution in [-0.4, -0.2) is 34.0 Å². The summed E-state index contributed by atoms with van der Waals surface area (Å²) in [5.41, 5.74) is -2.18. The van der Waals surface area contributed by atoms with Gasteiger partial charge < -0.3 is 14.8 Å². The Morgan fingerprint density at radius 1 is 1.08 bits per heavy atom. The van der Waals surface area contributed by atoms with Crippen LogP contribution in [0.1, 0.15) is 10.4 Å². The van der Waals surface area contributed by atoms with E-state index in [9.17, 15) is 18.4 Å². The molecule has 0 aliphatic carbocycles. The summed E-state index contributed by atoms with van der Waals surface area (Å²) in [6.45, 7) is 4.00. The number of hydrogen-bond donors (Lipinski definition) is 1. The van der Waals surface area contributed by atoms with Crippen molar-refractivity contribution in [1.29, 1.82) is 0 Å². The van der Waals surface area contributed by atoms with E-state index in [0.29, 0.717) is 0 Å². The molecule has 38 heavy (non-hydrogen) atoms. The Morgan fingerprint density at radius 3 is 2.26 bits per heavy atom. The maximum atomic E-state index is 15.1. The molecule has 0 bridgehead atoms. The van der Waals surface area contributed by atoms with Gasteiger partial charge in [0, 0.05) is 30.9 Å². The van der Waals surface area contributed by atoms with E-state index in [1.807, 2.05) is 0 Å². The number of hydrogen-bond acceptors (Lipinski definition) is 5. The first-order valence-corrected chi connectivity index (χ1v) is 10.7. The Hall–Kier alpha value is -5.12. The molecule has 13 heteroatoms. The molecule has 0 aliphatic heterocycles. The van der Waals surface area contributed by atoms with Crippen molar-refractivity contribution in [3.05, 3.63) is 93.7 Å². The number of ether oxygens (including phenoxy) is 2. The zero-order chi connectivity index (χ0) is 27.6. The molecule has 194 valence electrons. The zero-order valence-corrected chi connectivity index (χ0v) is 19.7. The number of halogens is 4. The number of methoxy groups -OCH3 is 1. The predicted octanol–water partition coefficient (Wildman–Crippen LogP) is 4.93. The topological polar surface area (TPSA) is 91.7 Å². The number of benzene rings is 2. The highest BCUT2D eigenvalue weighted by Gasteiger charge is 2.28. The van der Waals surface area contributed by atoms with Crippen LogP contribution in [-0.2, 0) is 7.05 Å². The van der Waals surface area contributed by atoms with Crippen molar-refractivity contribution in [2.45, 2.75) is 6.61 Å². The number of carbonyl (C=O) groups excluding carboxylic acids is 1. The van der Waals surface area contributed by atoms with E-state index >= 15 is 8.78 Å². The molecule has 0 saturated heterocycles. The van der Waals surface area contributed by atoms with Gasteiger partial charge in [-0.15, -0.1) is 0 Å². The van der Waals surface area contributed by atoms with E-state index < -0.39 is 41.0 Å². The van der Waals surface area contributed by atoms with Crippen LogP contribution in [0.3, 0.4) is 0 Å². The summed E-state index contributed by atoms with van der Waals surface area (Å²) in [4.78, 5) is 33.8. The molecule has 0 spiro atoms. The highest BCUT2D eigenvalue weighted by Crippen LogP contribution is 2.34. The average molecular weight is 527 g/mol. The third-order valence-corrected chi connectivity index (χ3v) is 5.41. The van der Waals surface area contributed by atoms with Crippen LogP contribution >= 0.6 is 0 Å². The van der Waals surface area contributed by atoms with Crippen molar-refractivity contribution in [1.82, 2.24) is 14.3 Å². The minimum absolute atomic E-state index is 0.00878. The van der Waals surface area contributed by atoms with Gasteiger partial charge in [-0.3, -0.25) is 14.3 Å². The normalized spacial score (nSPS) is 10.8. The molecular formula is C25H17F4N5O4. The molecule has 1 amide bonds. The van der Waals surface area contributed by atoms with Crippen molar-refractivity contribution in [2.24, 2.45) is 7.05 Å². The lowest BCUT2D eigenvalue weighted by Gasteiger charge is -2.13. The summed E-state index contributed by atoms with van der Waals surface area (Å²) in [6.07, 6.45) is 1.21. The van der Waals surface area contributed by atoms with Gasteiger partial charge in [0.2, 0.25) is 5.69 Å². The lowest BCUT2D eigenvalue weighted by molar-refractivity contribution is -0.0498. The van der Waals surface area contributed by atoms with Crippen molar-refractivity contribution in [2.75, 3.05) is 12.4 Å². The number of aromatic nitrogens is 3. The van der Waals surface area contributed by atoms with E-state index in [1.165, 1.54) is 44.6 Å².